The van der Waals surface area contributed by atoms with E-state index in [0.717, 1.165) is 0 Å². The van der Waals surface area contributed by atoms with Crippen LogP contribution in [0.25, 0.3) is 0 Å². The molecule has 6 nitrogen and oxygen atoms in total. The smallest absolute Gasteiger partial charge is 0.253 e. The predicted molar refractivity (Wildman–Crippen MR) is 88.8 cm³/mol. The van der Waals surface area contributed by atoms with Gasteiger partial charge >= 0.3 is 0 Å². The topological polar surface area (TPSA) is 80.3 Å². The van der Waals surface area contributed by atoms with E-state index < -0.39 is 5.82 Å². The van der Waals surface area contributed by atoms with Gasteiger partial charge in [-0.3, -0.25) is 9.59 Å². The number of benzene rings is 1. The normalized spacial score (nSPS) is 19.8. The molecule has 7 heteroatoms. The molecule has 1 aromatic heterocycles. The summed E-state index contributed by atoms with van der Waals surface area (Å²) >= 11 is 0. The maximum absolute atomic E-state index is 13.6. The van der Waals surface area contributed by atoms with Gasteiger partial charge in [0.05, 0.1) is 5.56 Å². The first kappa shape index (κ1) is 16.9. The largest absolute Gasteiger partial charge is 0.436 e. The summed E-state index contributed by atoms with van der Waals surface area (Å²) in [6.45, 7) is 1.85. The maximum atomic E-state index is 13.6. The first-order chi connectivity index (χ1) is 12.0. The van der Waals surface area contributed by atoms with Gasteiger partial charge in [-0.1, -0.05) is 12.1 Å². The zero-order valence-electron chi connectivity index (χ0n) is 13.7. The van der Waals surface area contributed by atoms with Crippen LogP contribution in [0.4, 0.5) is 4.39 Å². The second-order valence-corrected chi connectivity index (χ2v) is 5.89. The minimum atomic E-state index is -0.487. The molecule has 0 aliphatic carbocycles. The molecule has 2 N–H and O–H groups in total. The quantitative estimate of drug-likeness (QED) is 0.893. The van der Waals surface area contributed by atoms with Crippen LogP contribution >= 0.6 is 0 Å². The molecule has 2 atom stereocenters. The van der Waals surface area contributed by atoms with E-state index in [1.807, 2.05) is 6.92 Å². The van der Waals surface area contributed by atoms with Crippen LogP contribution in [0.3, 0.4) is 0 Å². The van der Waals surface area contributed by atoms with Gasteiger partial charge in [0.1, 0.15) is 0 Å². The number of hydrogen-bond donors (Lipinski definition) is 2. The molecule has 1 aliphatic rings. The molecule has 130 valence electrons. The van der Waals surface area contributed by atoms with Crippen LogP contribution in [0.2, 0.25) is 0 Å². The summed E-state index contributed by atoms with van der Waals surface area (Å²) in [5.41, 5.74) is 0.366. The Balaban J connectivity index is 1.63. The lowest BCUT2D eigenvalue weighted by Crippen LogP contribution is -2.53. The van der Waals surface area contributed by atoms with Crippen LogP contribution in [-0.4, -0.2) is 28.9 Å². The number of aromatic nitrogens is 1. The standard InChI is InChI=1S/C18H18FN3O3/c1-11-14(7-8-16(23)21-11)22-18(24)12-6-9-17(20-10-12)25-15-5-3-2-4-13(15)19/h2-6,9-11,14H,7-8H2,1H3,(H,21,23)(H,22,24). The van der Waals surface area contributed by atoms with E-state index in [4.69, 9.17) is 4.74 Å². The van der Waals surface area contributed by atoms with Crippen molar-refractivity contribution in [2.24, 2.45) is 0 Å². The zero-order chi connectivity index (χ0) is 17.8. The first-order valence-electron chi connectivity index (χ1n) is 8.01. The monoisotopic (exact) mass is 343 g/mol. The Morgan fingerprint density at radius 1 is 1.32 bits per heavy atom. The van der Waals surface area contributed by atoms with Gasteiger partial charge in [-0.15, -0.1) is 0 Å². The molecule has 0 radical (unpaired) electrons. The minimum absolute atomic E-state index is 0.00527. The lowest BCUT2D eigenvalue weighted by atomic mass is 9.99. The molecule has 2 aromatic rings. The zero-order valence-corrected chi connectivity index (χ0v) is 13.7. The fourth-order valence-electron chi connectivity index (χ4n) is 2.63. The van der Waals surface area contributed by atoms with E-state index in [0.29, 0.717) is 18.4 Å². The van der Waals surface area contributed by atoms with Gasteiger partial charge in [0.2, 0.25) is 11.8 Å². The maximum Gasteiger partial charge on any atom is 0.253 e. The van der Waals surface area contributed by atoms with Gasteiger partial charge in [0.15, 0.2) is 11.6 Å². The second kappa shape index (κ2) is 7.29. The third-order valence-electron chi connectivity index (χ3n) is 4.04. The van der Waals surface area contributed by atoms with Crippen LogP contribution in [0.15, 0.2) is 42.6 Å². The van der Waals surface area contributed by atoms with Gasteiger partial charge in [0, 0.05) is 30.8 Å². The fourth-order valence-corrected chi connectivity index (χ4v) is 2.63. The molecule has 0 spiro atoms. The van der Waals surface area contributed by atoms with Crippen LogP contribution in [0.5, 0.6) is 11.6 Å². The molecule has 1 fully saturated rings. The van der Waals surface area contributed by atoms with E-state index >= 15 is 0 Å². The van der Waals surface area contributed by atoms with Gasteiger partial charge in [0.25, 0.3) is 5.91 Å². The van der Waals surface area contributed by atoms with Crippen molar-refractivity contribution >= 4 is 11.8 Å². The number of piperidine rings is 1. The Labute approximate surface area is 144 Å². The number of ether oxygens (including phenoxy) is 1. The Morgan fingerprint density at radius 2 is 2.12 bits per heavy atom. The number of hydrogen-bond acceptors (Lipinski definition) is 4. The van der Waals surface area contributed by atoms with Crippen LogP contribution in [0.1, 0.15) is 30.1 Å². The molecule has 1 aromatic carbocycles. The SMILES string of the molecule is CC1NC(=O)CCC1NC(=O)c1ccc(Oc2ccccc2F)nc1. The highest BCUT2D eigenvalue weighted by Gasteiger charge is 2.26. The number of nitrogens with zero attached hydrogens (tertiary/aromatic N) is 1. The van der Waals surface area contributed by atoms with Crippen LogP contribution < -0.4 is 15.4 Å². The summed E-state index contributed by atoms with van der Waals surface area (Å²) < 4.78 is 18.9. The van der Waals surface area contributed by atoms with Gasteiger partial charge in [-0.2, -0.15) is 0 Å². The molecule has 0 bridgehead atoms. The van der Waals surface area contributed by atoms with Crippen molar-refractivity contribution in [2.45, 2.75) is 31.8 Å². The fraction of sp³-hybridized carbons (Fsp3) is 0.278. The molecule has 1 saturated heterocycles. The van der Waals surface area contributed by atoms with Gasteiger partial charge < -0.3 is 15.4 Å². The molecule has 2 unspecified atom stereocenters. The Hall–Kier alpha value is -2.96. The first-order valence-corrected chi connectivity index (χ1v) is 8.01. The average molecular weight is 343 g/mol. The summed E-state index contributed by atoms with van der Waals surface area (Å²) in [7, 11) is 0. The summed E-state index contributed by atoms with van der Waals surface area (Å²) in [6.07, 6.45) is 2.36. The third-order valence-corrected chi connectivity index (χ3v) is 4.04. The number of nitrogens with one attached hydrogen (secondary N) is 2. The van der Waals surface area contributed by atoms with Crippen LogP contribution in [0, 0.1) is 5.82 Å². The Morgan fingerprint density at radius 3 is 2.80 bits per heavy atom. The molecular formula is C18H18FN3O3. The molecule has 2 amide bonds. The van der Waals surface area contributed by atoms with E-state index in [2.05, 4.69) is 15.6 Å². The summed E-state index contributed by atoms with van der Waals surface area (Å²) in [6, 6.07) is 8.83. The van der Waals surface area contributed by atoms with Crippen molar-refractivity contribution in [1.29, 1.82) is 0 Å². The van der Waals surface area contributed by atoms with E-state index in [1.165, 1.54) is 24.4 Å². The number of pyridine rings is 1. The highest BCUT2D eigenvalue weighted by atomic mass is 19.1. The molecule has 1 aliphatic heterocycles. The van der Waals surface area contributed by atoms with Crippen molar-refractivity contribution in [2.75, 3.05) is 0 Å². The molecule has 0 saturated carbocycles. The van der Waals surface area contributed by atoms with Crippen molar-refractivity contribution in [3.63, 3.8) is 0 Å². The number of carbonyl (C=O) groups excluding carboxylic acids is 2. The molecule has 3 rings (SSSR count). The van der Waals surface area contributed by atoms with E-state index in [1.54, 1.807) is 18.2 Å². The molecule has 25 heavy (non-hydrogen) atoms. The van der Waals surface area contributed by atoms with Crippen molar-refractivity contribution < 1.29 is 18.7 Å². The van der Waals surface area contributed by atoms with Crippen molar-refractivity contribution in [3.05, 3.63) is 54.0 Å². The summed E-state index contributed by atoms with van der Waals surface area (Å²) in [5, 5.41) is 5.69. The van der Waals surface area contributed by atoms with Gasteiger partial charge in [-0.05, 0) is 31.5 Å². The highest BCUT2D eigenvalue weighted by molar-refractivity contribution is 5.94. The summed E-state index contributed by atoms with van der Waals surface area (Å²) in [4.78, 5) is 27.7. The molecular weight excluding hydrogens is 325 g/mol. The highest BCUT2D eigenvalue weighted by Crippen LogP contribution is 2.22. The summed E-state index contributed by atoms with van der Waals surface area (Å²) in [5.74, 6) is -0.509. The van der Waals surface area contributed by atoms with Crippen molar-refractivity contribution in [3.8, 4) is 11.6 Å². The van der Waals surface area contributed by atoms with Gasteiger partial charge in [-0.25, -0.2) is 9.37 Å². The van der Waals surface area contributed by atoms with E-state index in [9.17, 15) is 14.0 Å². The second-order valence-electron chi connectivity index (χ2n) is 5.89. The Bertz CT molecular complexity index is 779. The van der Waals surface area contributed by atoms with Crippen molar-refractivity contribution in [1.82, 2.24) is 15.6 Å². The van der Waals surface area contributed by atoms with E-state index in [-0.39, 0.29) is 35.5 Å². The lowest BCUT2D eigenvalue weighted by Gasteiger charge is -2.30. The van der Waals surface area contributed by atoms with Crippen LogP contribution in [-0.2, 0) is 4.79 Å². The number of amides is 2. The average Bonchev–Trinajstić information content (AvgIpc) is 2.60. The number of rotatable bonds is 4. The Kier molecular flexibility index (Phi) is 4.92. The number of para-hydroxylation sites is 1. The lowest BCUT2D eigenvalue weighted by molar-refractivity contribution is -0.123. The number of carbonyl (C=O) groups is 2. The third kappa shape index (κ3) is 4.12. The molecule has 2 heterocycles. The predicted octanol–water partition coefficient (Wildman–Crippen LogP) is 2.41. The number of halogens is 1. The minimum Gasteiger partial charge on any atom is -0.436 e.